The minimum Gasteiger partial charge on any atom is -0.352 e. The van der Waals surface area contributed by atoms with Crippen LogP contribution < -0.4 is 5.32 Å². The fourth-order valence-corrected chi connectivity index (χ4v) is 2.94. The second-order valence-corrected chi connectivity index (χ2v) is 6.47. The zero-order chi connectivity index (χ0) is 15.4. The molecule has 6 nitrogen and oxygen atoms in total. The molecule has 1 aromatic heterocycles. The summed E-state index contributed by atoms with van der Waals surface area (Å²) in [6.45, 7) is 0.111. The third-order valence-corrected chi connectivity index (χ3v) is 4.34. The molecule has 0 unspecified atom stereocenters. The first-order valence-corrected chi connectivity index (χ1v) is 8.33. The van der Waals surface area contributed by atoms with E-state index in [1.165, 1.54) is 24.1 Å². The molecule has 1 saturated carbocycles. The highest BCUT2D eigenvalue weighted by molar-refractivity contribution is 9.10. The summed E-state index contributed by atoms with van der Waals surface area (Å²) in [5, 5.41) is 15.3. The Labute approximate surface area is 137 Å². The Hall–Kier alpha value is -1.76. The van der Waals surface area contributed by atoms with Gasteiger partial charge in [-0.05, 0) is 42.3 Å². The van der Waals surface area contributed by atoms with Gasteiger partial charge in [0, 0.05) is 16.1 Å². The number of aromatic nitrogens is 4. The molecule has 22 heavy (non-hydrogen) atoms. The number of carbonyl (C=O) groups excluding carboxylic acids is 1. The predicted octanol–water partition coefficient (Wildman–Crippen LogP) is 2.55. The van der Waals surface area contributed by atoms with E-state index in [9.17, 15) is 4.79 Å². The number of hydrogen-bond donors (Lipinski definition) is 1. The smallest absolute Gasteiger partial charge is 0.243 e. The van der Waals surface area contributed by atoms with Gasteiger partial charge in [-0.3, -0.25) is 4.79 Å². The summed E-state index contributed by atoms with van der Waals surface area (Å²) >= 11 is 3.39. The first-order valence-electron chi connectivity index (χ1n) is 7.54. The van der Waals surface area contributed by atoms with E-state index in [0.29, 0.717) is 11.9 Å². The Morgan fingerprint density at radius 3 is 2.68 bits per heavy atom. The summed E-state index contributed by atoms with van der Waals surface area (Å²) in [6.07, 6.45) is 5.80. The lowest BCUT2D eigenvalue weighted by molar-refractivity contribution is -0.123. The van der Waals surface area contributed by atoms with Crippen molar-refractivity contribution in [1.82, 2.24) is 25.5 Å². The molecule has 2 aromatic rings. The van der Waals surface area contributed by atoms with Crippen molar-refractivity contribution in [1.29, 1.82) is 0 Å². The first kappa shape index (κ1) is 15.1. The molecule has 3 rings (SSSR count). The number of halogens is 1. The van der Waals surface area contributed by atoms with Gasteiger partial charge in [0.2, 0.25) is 11.7 Å². The topological polar surface area (TPSA) is 72.7 Å². The van der Waals surface area contributed by atoms with E-state index in [-0.39, 0.29) is 12.5 Å². The van der Waals surface area contributed by atoms with Crippen LogP contribution in [0, 0.1) is 0 Å². The van der Waals surface area contributed by atoms with E-state index in [2.05, 4.69) is 36.7 Å². The van der Waals surface area contributed by atoms with E-state index in [0.717, 1.165) is 22.9 Å². The fourth-order valence-electron chi connectivity index (χ4n) is 2.67. The summed E-state index contributed by atoms with van der Waals surface area (Å²) in [7, 11) is 0. The van der Waals surface area contributed by atoms with Crippen molar-refractivity contribution in [2.45, 2.75) is 44.7 Å². The van der Waals surface area contributed by atoms with Crippen LogP contribution in [-0.4, -0.2) is 32.2 Å². The van der Waals surface area contributed by atoms with E-state index in [1.54, 1.807) is 0 Å². The SMILES string of the molecule is O=C(Cn1nnc(-c2ccc(Br)cc2)n1)NC1CCCCC1. The van der Waals surface area contributed by atoms with Crippen LogP contribution in [0.15, 0.2) is 28.7 Å². The maximum absolute atomic E-state index is 12.0. The lowest BCUT2D eigenvalue weighted by Crippen LogP contribution is -2.38. The van der Waals surface area contributed by atoms with E-state index >= 15 is 0 Å². The maximum atomic E-state index is 12.0. The molecule has 1 aliphatic rings. The Bertz CT molecular complexity index is 634. The summed E-state index contributed by atoms with van der Waals surface area (Å²) in [6, 6.07) is 7.97. The van der Waals surface area contributed by atoms with Crippen LogP contribution in [0.25, 0.3) is 11.4 Å². The minimum absolute atomic E-state index is 0.0494. The highest BCUT2D eigenvalue weighted by atomic mass is 79.9. The van der Waals surface area contributed by atoms with Crippen molar-refractivity contribution in [3.05, 3.63) is 28.7 Å². The average molecular weight is 364 g/mol. The van der Waals surface area contributed by atoms with Gasteiger partial charge in [0.15, 0.2) is 0 Å². The molecule has 1 heterocycles. The molecular formula is C15H18BrN5O. The average Bonchev–Trinajstić information content (AvgIpc) is 2.97. The molecule has 0 bridgehead atoms. The second-order valence-electron chi connectivity index (χ2n) is 5.55. The van der Waals surface area contributed by atoms with Crippen LogP contribution in [0.4, 0.5) is 0 Å². The quantitative estimate of drug-likeness (QED) is 0.905. The molecule has 0 saturated heterocycles. The van der Waals surface area contributed by atoms with Gasteiger partial charge in [-0.1, -0.05) is 35.2 Å². The van der Waals surface area contributed by atoms with Crippen LogP contribution in [0.1, 0.15) is 32.1 Å². The lowest BCUT2D eigenvalue weighted by atomic mass is 9.95. The van der Waals surface area contributed by atoms with Gasteiger partial charge in [0.1, 0.15) is 6.54 Å². The van der Waals surface area contributed by atoms with Crippen LogP contribution >= 0.6 is 15.9 Å². The van der Waals surface area contributed by atoms with Crippen LogP contribution in [0.3, 0.4) is 0 Å². The summed E-state index contributed by atoms with van der Waals surface area (Å²) in [5.41, 5.74) is 0.877. The Balaban J connectivity index is 1.59. The van der Waals surface area contributed by atoms with Gasteiger partial charge in [-0.25, -0.2) is 0 Å². The number of rotatable bonds is 4. The second kappa shape index (κ2) is 7.00. The number of benzene rings is 1. The number of nitrogens with zero attached hydrogens (tertiary/aromatic N) is 4. The van der Waals surface area contributed by atoms with Gasteiger partial charge >= 0.3 is 0 Å². The van der Waals surface area contributed by atoms with E-state index in [4.69, 9.17) is 0 Å². The third-order valence-electron chi connectivity index (χ3n) is 3.81. The summed E-state index contributed by atoms with van der Waals surface area (Å²) < 4.78 is 0.996. The zero-order valence-electron chi connectivity index (χ0n) is 12.2. The van der Waals surface area contributed by atoms with Crippen molar-refractivity contribution in [3.8, 4) is 11.4 Å². The van der Waals surface area contributed by atoms with Crippen LogP contribution in [0.5, 0.6) is 0 Å². The van der Waals surface area contributed by atoms with Gasteiger partial charge in [-0.15, -0.1) is 10.2 Å². The summed E-state index contributed by atoms with van der Waals surface area (Å²) in [5.74, 6) is 0.477. The Kier molecular flexibility index (Phi) is 4.82. The first-order chi connectivity index (χ1) is 10.7. The van der Waals surface area contributed by atoms with Gasteiger partial charge < -0.3 is 5.32 Å². The van der Waals surface area contributed by atoms with Gasteiger partial charge in [0.05, 0.1) is 0 Å². The van der Waals surface area contributed by atoms with Gasteiger partial charge in [-0.2, -0.15) is 4.80 Å². The number of tetrazole rings is 1. The fraction of sp³-hybridized carbons (Fsp3) is 0.467. The molecular weight excluding hydrogens is 346 g/mol. The molecule has 1 aromatic carbocycles. The van der Waals surface area contributed by atoms with Crippen molar-refractivity contribution < 1.29 is 4.79 Å². The molecule has 0 radical (unpaired) electrons. The highest BCUT2D eigenvalue weighted by Gasteiger charge is 2.16. The molecule has 1 aliphatic carbocycles. The molecule has 1 N–H and O–H groups in total. The molecule has 1 fully saturated rings. The lowest BCUT2D eigenvalue weighted by Gasteiger charge is -2.22. The third kappa shape index (κ3) is 3.91. The number of nitrogens with one attached hydrogen (secondary N) is 1. The van der Waals surface area contributed by atoms with Crippen molar-refractivity contribution in [3.63, 3.8) is 0 Å². The number of carbonyl (C=O) groups is 1. The van der Waals surface area contributed by atoms with Crippen molar-refractivity contribution in [2.24, 2.45) is 0 Å². The number of amides is 1. The molecule has 0 aliphatic heterocycles. The Morgan fingerprint density at radius 1 is 1.23 bits per heavy atom. The van der Waals surface area contributed by atoms with Crippen LogP contribution in [-0.2, 0) is 11.3 Å². The highest BCUT2D eigenvalue weighted by Crippen LogP contribution is 2.18. The normalized spacial score (nSPS) is 15.7. The zero-order valence-corrected chi connectivity index (χ0v) is 13.8. The number of hydrogen-bond acceptors (Lipinski definition) is 4. The molecule has 7 heteroatoms. The largest absolute Gasteiger partial charge is 0.352 e. The molecule has 116 valence electrons. The molecule has 0 spiro atoms. The Morgan fingerprint density at radius 2 is 1.95 bits per heavy atom. The summed E-state index contributed by atoms with van der Waals surface area (Å²) in [4.78, 5) is 13.4. The van der Waals surface area contributed by atoms with E-state index < -0.39 is 0 Å². The standard InChI is InChI=1S/C15H18BrN5O/c16-12-8-6-11(7-9-12)15-18-20-21(19-15)10-14(22)17-13-4-2-1-3-5-13/h6-9,13H,1-5,10H2,(H,17,22). The van der Waals surface area contributed by atoms with Gasteiger partial charge in [0.25, 0.3) is 0 Å². The predicted molar refractivity (Wildman–Crippen MR) is 86.0 cm³/mol. The van der Waals surface area contributed by atoms with Crippen LogP contribution in [0.2, 0.25) is 0 Å². The van der Waals surface area contributed by atoms with Crippen molar-refractivity contribution >= 4 is 21.8 Å². The molecule has 0 atom stereocenters. The van der Waals surface area contributed by atoms with Crippen molar-refractivity contribution in [2.75, 3.05) is 0 Å². The minimum atomic E-state index is -0.0494. The monoisotopic (exact) mass is 363 g/mol. The van der Waals surface area contributed by atoms with E-state index in [1.807, 2.05) is 24.3 Å². The maximum Gasteiger partial charge on any atom is 0.243 e. The molecule has 1 amide bonds.